The zero-order valence-corrected chi connectivity index (χ0v) is 18.9. The van der Waals surface area contributed by atoms with Crippen molar-refractivity contribution in [1.29, 1.82) is 0 Å². The monoisotopic (exact) mass is 455 g/mol. The summed E-state index contributed by atoms with van der Waals surface area (Å²) in [5.74, 6) is 3.03. The molecule has 4 aliphatic carbocycles. The van der Waals surface area contributed by atoms with Gasteiger partial charge in [0.05, 0.1) is 5.60 Å². The van der Waals surface area contributed by atoms with E-state index in [9.17, 15) is 15.0 Å². The molecule has 1 aromatic heterocycles. The number of furan rings is 1. The van der Waals surface area contributed by atoms with Gasteiger partial charge in [0, 0.05) is 29.1 Å². The fourth-order valence-electron chi connectivity index (χ4n) is 7.46. The molecular weight excluding hydrogens is 426 g/mol. The molecular formula is C26H30ClNO4. The highest BCUT2D eigenvalue weighted by atomic mass is 35.5. The molecule has 7 rings (SSSR count). The predicted molar refractivity (Wildman–Crippen MR) is 121 cm³/mol. The van der Waals surface area contributed by atoms with E-state index < -0.39 is 5.60 Å². The molecule has 0 spiro atoms. The summed E-state index contributed by atoms with van der Waals surface area (Å²) in [4.78, 5) is 15.6. The van der Waals surface area contributed by atoms with E-state index in [0.717, 1.165) is 43.4 Å². The zero-order valence-electron chi connectivity index (χ0n) is 18.2. The summed E-state index contributed by atoms with van der Waals surface area (Å²) >= 11 is 6.60. The Bertz CT molecular complexity index is 1030. The van der Waals surface area contributed by atoms with E-state index in [1.807, 2.05) is 24.3 Å². The van der Waals surface area contributed by atoms with Crippen LogP contribution in [0.2, 0.25) is 5.02 Å². The smallest absolute Gasteiger partial charge is 0.226 e. The van der Waals surface area contributed by atoms with Crippen molar-refractivity contribution in [2.45, 2.75) is 63.2 Å². The van der Waals surface area contributed by atoms with Crippen LogP contribution in [0.15, 0.2) is 34.7 Å². The highest BCUT2D eigenvalue weighted by molar-refractivity contribution is 6.31. The first-order valence-corrected chi connectivity index (χ1v) is 12.3. The van der Waals surface area contributed by atoms with Crippen LogP contribution in [0.5, 0.6) is 0 Å². The second kappa shape index (κ2) is 7.61. The van der Waals surface area contributed by atoms with Gasteiger partial charge in [0.15, 0.2) is 0 Å². The van der Waals surface area contributed by atoms with Gasteiger partial charge in [-0.2, -0.15) is 0 Å². The third-order valence-corrected chi connectivity index (χ3v) is 8.87. The van der Waals surface area contributed by atoms with E-state index in [1.165, 1.54) is 12.8 Å². The molecule has 3 unspecified atom stereocenters. The Hall–Kier alpha value is -1.82. The van der Waals surface area contributed by atoms with Gasteiger partial charge in [-0.3, -0.25) is 4.79 Å². The molecule has 1 aromatic carbocycles. The SMILES string of the molecule is O=C1C(Cc2ccc(-c3ccc(CO)o3)cc2Cl)CCN1C1C2CC3CC1CC(O)(C3)C2. The van der Waals surface area contributed by atoms with Crippen LogP contribution in [-0.2, 0) is 17.8 Å². The molecule has 1 amide bonds. The van der Waals surface area contributed by atoms with E-state index in [1.54, 1.807) is 6.07 Å². The first kappa shape index (κ1) is 20.8. The number of hydrogen-bond donors (Lipinski definition) is 2. The minimum absolute atomic E-state index is 0.0248. The molecule has 5 nitrogen and oxygen atoms in total. The summed E-state index contributed by atoms with van der Waals surface area (Å²) in [5.41, 5.74) is 1.39. The number of benzene rings is 1. The fraction of sp³-hybridized carbons (Fsp3) is 0.577. The molecule has 1 saturated heterocycles. The van der Waals surface area contributed by atoms with Crippen LogP contribution in [0.1, 0.15) is 49.8 Å². The highest BCUT2D eigenvalue weighted by Crippen LogP contribution is 2.57. The quantitative estimate of drug-likeness (QED) is 0.699. The lowest BCUT2D eigenvalue weighted by Crippen LogP contribution is -2.62. The summed E-state index contributed by atoms with van der Waals surface area (Å²) in [6.45, 7) is 0.699. The number of carbonyl (C=O) groups is 1. The number of aliphatic hydroxyl groups is 2. The molecule has 3 atom stereocenters. The van der Waals surface area contributed by atoms with E-state index in [-0.39, 0.29) is 18.4 Å². The van der Waals surface area contributed by atoms with Gasteiger partial charge >= 0.3 is 0 Å². The largest absolute Gasteiger partial charge is 0.459 e. The third kappa shape index (κ3) is 3.41. The van der Waals surface area contributed by atoms with Crippen LogP contribution in [0, 0.1) is 23.7 Å². The minimum atomic E-state index is -0.462. The van der Waals surface area contributed by atoms with Crippen molar-refractivity contribution in [1.82, 2.24) is 4.90 Å². The van der Waals surface area contributed by atoms with Crippen molar-refractivity contribution in [2.24, 2.45) is 23.7 Å². The Morgan fingerprint density at radius 2 is 1.91 bits per heavy atom. The molecule has 2 aromatic rings. The molecule has 4 saturated carbocycles. The van der Waals surface area contributed by atoms with Gasteiger partial charge in [0.2, 0.25) is 5.91 Å². The first-order valence-electron chi connectivity index (χ1n) is 11.9. The molecule has 6 heteroatoms. The Balaban J connectivity index is 1.16. The van der Waals surface area contributed by atoms with Crippen molar-refractivity contribution in [3.05, 3.63) is 46.7 Å². The van der Waals surface area contributed by atoms with Gasteiger partial charge < -0.3 is 19.5 Å². The van der Waals surface area contributed by atoms with Crippen molar-refractivity contribution in [2.75, 3.05) is 6.54 Å². The minimum Gasteiger partial charge on any atom is -0.459 e. The summed E-state index contributed by atoms with van der Waals surface area (Å²) in [5, 5.41) is 20.7. The maximum absolute atomic E-state index is 13.4. The second-order valence-corrected chi connectivity index (χ2v) is 11.0. The van der Waals surface area contributed by atoms with Crippen LogP contribution >= 0.6 is 11.6 Å². The molecule has 5 aliphatic rings. The maximum Gasteiger partial charge on any atom is 0.226 e. The average molecular weight is 456 g/mol. The van der Waals surface area contributed by atoms with Crippen molar-refractivity contribution in [3.8, 4) is 11.3 Å². The second-order valence-electron chi connectivity index (χ2n) is 10.6. The predicted octanol–water partition coefficient (Wildman–Crippen LogP) is 4.42. The van der Waals surface area contributed by atoms with Gasteiger partial charge in [-0.25, -0.2) is 0 Å². The molecule has 32 heavy (non-hydrogen) atoms. The topological polar surface area (TPSA) is 73.9 Å². The Labute approximate surface area is 193 Å². The fourth-order valence-corrected chi connectivity index (χ4v) is 7.72. The van der Waals surface area contributed by atoms with Crippen LogP contribution in [0.4, 0.5) is 0 Å². The Kier molecular flexibility index (Phi) is 4.94. The standard InChI is InChI=1S/C26H30ClNO4/c27-22-10-17(23-4-3-21(14-29)32-23)2-1-16(22)9-18-5-6-28(25(18)30)24-19-7-15-8-20(24)13-26(31,11-15)12-19/h1-4,10,15,18-20,24,29,31H,5-9,11-14H2. The molecule has 4 bridgehead atoms. The number of amides is 1. The third-order valence-electron chi connectivity index (χ3n) is 8.52. The van der Waals surface area contributed by atoms with Crippen molar-refractivity contribution >= 4 is 17.5 Å². The van der Waals surface area contributed by atoms with Gasteiger partial charge in [0.25, 0.3) is 0 Å². The lowest BCUT2D eigenvalue weighted by Gasteiger charge is -2.59. The van der Waals surface area contributed by atoms with E-state index in [2.05, 4.69) is 4.90 Å². The first-order chi connectivity index (χ1) is 15.4. The normalized spacial score (nSPS) is 35.8. The number of halogens is 1. The number of carbonyl (C=O) groups excluding carboxylic acids is 1. The lowest BCUT2D eigenvalue weighted by molar-refractivity contribution is -0.168. The van der Waals surface area contributed by atoms with Crippen molar-refractivity contribution < 1.29 is 19.4 Å². The summed E-state index contributed by atoms with van der Waals surface area (Å²) in [7, 11) is 0. The summed E-state index contributed by atoms with van der Waals surface area (Å²) in [6, 6.07) is 9.75. The van der Waals surface area contributed by atoms with Gasteiger partial charge in [-0.05, 0) is 86.5 Å². The van der Waals surface area contributed by atoms with Gasteiger partial charge in [-0.15, -0.1) is 0 Å². The van der Waals surface area contributed by atoms with Crippen LogP contribution < -0.4 is 0 Å². The van der Waals surface area contributed by atoms with E-state index >= 15 is 0 Å². The number of likely N-dealkylation sites (tertiary alicyclic amines) is 1. The molecule has 2 heterocycles. The molecule has 5 fully saturated rings. The Morgan fingerprint density at radius 3 is 2.56 bits per heavy atom. The summed E-state index contributed by atoms with van der Waals surface area (Å²) in [6.07, 6.45) is 6.60. The van der Waals surface area contributed by atoms with Gasteiger partial charge in [-0.1, -0.05) is 23.7 Å². The van der Waals surface area contributed by atoms with E-state index in [0.29, 0.717) is 46.8 Å². The summed E-state index contributed by atoms with van der Waals surface area (Å²) < 4.78 is 5.61. The molecule has 2 N–H and O–H groups in total. The van der Waals surface area contributed by atoms with Crippen molar-refractivity contribution in [3.63, 3.8) is 0 Å². The number of rotatable bonds is 5. The average Bonchev–Trinajstić information content (AvgIpc) is 3.36. The van der Waals surface area contributed by atoms with Crippen LogP contribution in [0.3, 0.4) is 0 Å². The molecule has 170 valence electrons. The molecule has 1 aliphatic heterocycles. The van der Waals surface area contributed by atoms with Crippen LogP contribution in [-0.4, -0.2) is 39.2 Å². The van der Waals surface area contributed by atoms with E-state index in [4.69, 9.17) is 16.0 Å². The Morgan fingerprint density at radius 1 is 1.12 bits per heavy atom. The number of hydrogen-bond acceptors (Lipinski definition) is 4. The van der Waals surface area contributed by atoms with Gasteiger partial charge in [0.1, 0.15) is 18.1 Å². The maximum atomic E-state index is 13.4. The number of nitrogens with zero attached hydrogens (tertiary/aromatic N) is 1. The highest BCUT2D eigenvalue weighted by Gasteiger charge is 2.57. The molecule has 0 radical (unpaired) electrons. The zero-order chi connectivity index (χ0) is 22.0. The van der Waals surface area contributed by atoms with Crippen LogP contribution in [0.25, 0.3) is 11.3 Å². The number of aliphatic hydroxyl groups excluding tert-OH is 1. The lowest BCUT2D eigenvalue weighted by atomic mass is 9.52.